The van der Waals surface area contributed by atoms with E-state index in [2.05, 4.69) is 0 Å². The highest BCUT2D eigenvalue weighted by Crippen LogP contribution is 2.25. The lowest BCUT2D eigenvalue weighted by Gasteiger charge is -2.20. The molecule has 1 aliphatic rings. The quantitative estimate of drug-likeness (QED) is 0.857. The Morgan fingerprint density at radius 3 is 2.47 bits per heavy atom. The van der Waals surface area contributed by atoms with Crippen molar-refractivity contribution in [2.45, 2.75) is 37.0 Å². The van der Waals surface area contributed by atoms with Gasteiger partial charge in [-0.1, -0.05) is 18.0 Å². The number of ketones is 1. The van der Waals surface area contributed by atoms with Crippen molar-refractivity contribution >= 4 is 27.2 Å². The molecule has 1 fully saturated rings. The summed E-state index contributed by atoms with van der Waals surface area (Å²) < 4.78 is 24.3. The molecule has 0 radical (unpaired) electrons. The maximum absolute atomic E-state index is 12.1. The van der Waals surface area contributed by atoms with Gasteiger partial charge < -0.3 is 0 Å². The Kier molecular flexibility index (Phi) is 4.63. The molecule has 0 saturated heterocycles. The largest absolute Gasteiger partial charge is 0.299 e. The summed E-state index contributed by atoms with van der Waals surface area (Å²) in [7, 11) is -3.31. The van der Waals surface area contributed by atoms with Crippen molar-refractivity contribution in [2.24, 2.45) is 5.92 Å². The molecule has 1 aromatic rings. The van der Waals surface area contributed by atoms with Gasteiger partial charge in [0, 0.05) is 17.4 Å². The Balaban J connectivity index is 2.01. The van der Waals surface area contributed by atoms with E-state index in [1.807, 2.05) is 0 Å². The average Bonchev–Trinajstić information content (AvgIpc) is 2.38. The molecule has 0 bridgehead atoms. The monoisotopic (exact) mass is 300 g/mol. The molecule has 1 aliphatic carbocycles. The van der Waals surface area contributed by atoms with E-state index in [0.29, 0.717) is 17.9 Å². The number of Topliss-reactive ketones (excluding diaryl/α,β-unsaturated/α-hetero) is 1. The van der Waals surface area contributed by atoms with Gasteiger partial charge in [-0.05, 0) is 43.5 Å². The molecular formula is C14H17ClO3S. The fourth-order valence-electron chi connectivity index (χ4n) is 2.42. The predicted octanol–water partition coefficient (Wildman–Crippen LogP) is 3.26. The van der Waals surface area contributed by atoms with Crippen LogP contribution in [-0.4, -0.2) is 20.0 Å². The summed E-state index contributed by atoms with van der Waals surface area (Å²) in [6.45, 7) is 0. The fourth-order valence-corrected chi connectivity index (χ4v) is 3.92. The second-order valence-corrected chi connectivity index (χ2v) is 7.52. The van der Waals surface area contributed by atoms with E-state index >= 15 is 0 Å². The number of hydrogen-bond donors (Lipinski definition) is 0. The molecule has 3 nitrogen and oxygen atoms in total. The Morgan fingerprint density at radius 2 is 1.84 bits per heavy atom. The summed E-state index contributed by atoms with van der Waals surface area (Å²) in [6.07, 6.45) is 3.83. The number of hydrogen-bond acceptors (Lipinski definition) is 3. The molecule has 5 heteroatoms. The molecule has 104 valence electrons. The summed E-state index contributed by atoms with van der Waals surface area (Å²) in [6, 6.07) is 6.17. The molecule has 1 atom stereocenters. The lowest BCUT2D eigenvalue weighted by atomic mass is 9.86. The minimum atomic E-state index is -3.31. The van der Waals surface area contributed by atoms with Crippen LogP contribution in [0.15, 0.2) is 29.2 Å². The first-order valence-corrected chi connectivity index (χ1v) is 8.53. The van der Waals surface area contributed by atoms with Crippen molar-refractivity contribution in [3.63, 3.8) is 0 Å². The first-order chi connectivity index (χ1) is 8.99. The molecule has 1 aromatic carbocycles. The first-order valence-electron chi connectivity index (χ1n) is 6.50. The molecular weight excluding hydrogens is 284 g/mol. The van der Waals surface area contributed by atoms with E-state index in [4.69, 9.17) is 11.6 Å². The Labute approximate surface area is 118 Å². The summed E-state index contributed by atoms with van der Waals surface area (Å²) in [5, 5.41) is 0.515. The molecule has 0 unspecified atom stereocenters. The standard InChI is InChI=1S/C14H17ClO3S/c15-12-5-7-13(8-6-12)19(17,18)10-9-11-3-1-2-4-14(11)16/h5-8,11H,1-4,9-10H2/t11-/m1/s1. The van der Waals surface area contributed by atoms with Gasteiger partial charge in [-0.2, -0.15) is 0 Å². The van der Waals surface area contributed by atoms with Crippen molar-refractivity contribution < 1.29 is 13.2 Å². The number of carbonyl (C=O) groups is 1. The number of halogens is 1. The van der Waals surface area contributed by atoms with Crippen molar-refractivity contribution in [1.82, 2.24) is 0 Å². The van der Waals surface area contributed by atoms with Gasteiger partial charge in [0.15, 0.2) is 9.84 Å². The summed E-state index contributed by atoms with van der Waals surface area (Å²) in [5.41, 5.74) is 0. The maximum Gasteiger partial charge on any atom is 0.178 e. The van der Waals surface area contributed by atoms with Gasteiger partial charge in [-0.3, -0.25) is 4.79 Å². The normalized spacial score (nSPS) is 20.5. The molecule has 2 rings (SSSR count). The minimum Gasteiger partial charge on any atom is -0.299 e. The van der Waals surface area contributed by atoms with E-state index < -0.39 is 9.84 Å². The van der Waals surface area contributed by atoms with E-state index in [1.165, 1.54) is 12.1 Å². The van der Waals surface area contributed by atoms with Gasteiger partial charge in [0.1, 0.15) is 5.78 Å². The zero-order valence-electron chi connectivity index (χ0n) is 10.6. The lowest BCUT2D eigenvalue weighted by Crippen LogP contribution is -2.22. The SMILES string of the molecule is O=C1CCCC[C@@H]1CCS(=O)(=O)c1ccc(Cl)cc1. The summed E-state index contributed by atoms with van der Waals surface area (Å²) >= 11 is 5.74. The van der Waals surface area contributed by atoms with E-state index in [-0.39, 0.29) is 22.3 Å². The maximum atomic E-state index is 12.1. The van der Waals surface area contributed by atoms with Crippen LogP contribution in [0.5, 0.6) is 0 Å². The van der Waals surface area contributed by atoms with Gasteiger partial charge in [-0.15, -0.1) is 0 Å². The molecule has 0 aromatic heterocycles. The predicted molar refractivity (Wildman–Crippen MR) is 75.1 cm³/mol. The molecule has 0 N–H and O–H groups in total. The van der Waals surface area contributed by atoms with E-state index in [1.54, 1.807) is 12.1 Å². The Morgan fingerprint density at radius 1 is 1.16 bits per heavy atom. The summed E-state index contributed by atoms with van der Waals surface area (Å²) in [5.74, 6) is 0.179. The van der Waals surface area contributed by atoms with Gasteiger partial charge in [0.25, 0.3) is 0 Å². The first kappa shape index (κ1) is 14.5. The van der Waals surface area contributed by atoms with Gasteiger partial charge in [-0.25, -0.2) is 8.42 Å². The summed E-state index contributed by atoms with van der Waals surface area (Å²) in [4.78, 5) is 12.0. The topological polar surface area (TPSA) is 51.2 Å². The van der Waals surface area contributed by atoms with Crippen LogP contribution < -0.4 is 0 Å². The van der Waals surface area contributed by atoms with Crippen LogP contribution >= 0.6 is 11.6 Å². The second-order valence-electron chi connectivity index (χ2n) is 4.97. The van der Waals surface area contributed by atoms with Gasteiger partial charge in [0.05, 0.1) is 10.6 Å². The smallest absolute Gasteiger partial charge is 0.178 e. The van der Waals surface area contributed by atoms with Crippen LogP contribution in [0.3, 0.4) is 0 Å². The molecule has 19 heavy (non-hydrogen) atoms. The lowest BCUT2D eigenvalue weighted by molar-refractivity contribution is -0.124. The third kappa shape index (κ3) is 3.80. The third-order valence-electron chi connectivity index (χ3n) is 3.59. The molecule has 1 saturated carbocycles. The highest BCUT2D eigenvalue weighted by Gasteiger charge is 2.24. The minimum absolute atomic E-state index is 0.0328. The van der Waals surface area contributed by atoms with Crippen molar-refractivity contribution in [2.75, 3.05) is 5.75 Å². The van der Waals surface area contributed by atoms with Crippen LogP contribution in [0.2, 0.25) is 5.02 Å². The van der Waals surface area contributed by atoms with E-state index in [9.17, 15) is 13.2 Å². The molecule has 0 spiro atoms. The van der Waals surface area contributed by atoms with Crippen molar-refractivity contribution in [1.29, 1.82) is 0 Å². The molecule has 0 amide bonds. The number of carbonyl (C=O) groups excluding carboxylic acids is 1. The Bertz CT molecular complexity index is 549. The third-order valence-corrected chi connectivity index (χ3v) is 5.60. The fraction of sp³-hybridized carbons (Fsp3) is 0.500. The van der Waals surface area contributed by atoms with Crippen LogP contribution in [0.4, 0.5) is 0 Å². The zero-order chi connectivity index (χ0) is 13.9. The highest BCUT2D eigenvalue weighted by atomic mass is 35.5. The number of sulfone groups is 1. The van der Waals surface area contributed by atoms with Crippen LogP contribution in [-0.2, 0) is 14.6 Å². The van der Waals surface area contributed by atoms with Crippen molar-refractivity contribution in [3.8, 4) is 0 Å². The number of benzene rings is 1. The van der Waals surface area contributed by atoms with Crippen LogP contribution in [0.1, 0.15) is 32.1 Å². The van der Waals surface area contributed by atoms with Gasteiger partial charge in [0.2, 0.25) is 0 Å². The second kappa shape index (κ2) is 6.06. The van der Waals surface area contributed by atoms with Gasteiger partial charge >= 0.3 is 0 Å². The zero-order valence-corrected chi connectivity index (χ0v) is 12.2. The van der Waals surface area contributed by atoms with E-state index in [0.717, 1.165) is 19.3 Å². The average molecular weight is 301 g/mol. The Hall–Kier alpha value is -0.870. The number of rotatable bonds is 4. The van der Waals surface area contributed by atoms with Crippen LogP contribution in [0, 0.1) is 5.92 Å². The van der Waals surface area contributed by atoms with Crippen molar-refractivity contribution in [3.05, 3.63) is 29.3 Å². The molecule has 0 aliphatic heterocycles. The highest BCUT2D eigenvalue weighted by molar-refractivity contribution is 7.91. The molecule has 0 heterocycles. The van der Waals surface area contributed by atoms with Crippen LogP contribution in [0.25, 0.3) is 0 Å².